The number of rotatable bonds is 3. The first-order valence-corrected chi connectivity index (χ1v) is 4.24. The van der Waals surface area contributed by atoms with Gasteiger partial charge in [-0.3, -0.25) is 0 Å². The average Bonchev–Trinajstić information content (AvgIpc) is 2.12. The van der Waals surface area contributed by atoms with Gasteiger partial charge in [0.05, 0.1) is 6.07 Å². The number of aliphatic hydroxyl groups excluding tert-OH is 1. The van der Waals surface area contributed by atoms with Crippen molar-refractivity contribution >= 4 is 0 Å². The highest BCUT2D eigenvalue weighted by Gasteiger charge is 1.89. The Morgan fingerprint density at radius 1 is 1.08 bits per heavy atom. The number of hydrogen-bond donors (Lipinski definition) is 1. The lowest BCUT2D eigenvalue weighted by molar-refractivity contribution is 0.321. The van der Waals surface area contributed by atoms with Gasteiger partial charge in [-0.2, -0.15) is 5.26 Å². The quantitative estimate of drug-likeness (QED) is 0.713. The van der Waals surface area contributed by atoms with Crippen molar-refractivity contribution in [3.05, 3.63) is 0 Å². The lowest BCUT2D eigenvalue weighted by Crippen LogP contribution is -2.21. The molecule has 13 heavy (non-hydrogen) atoms. The van der Waals surface area contributed by atoms with Crippen molar-refractivity contribution in [3.8, 4) is 6.07 Å². The van der Waals surface area contributed by atoms with E-state index in [1.165, 1.54) is 26.6 Å². The Balaban J connectivity index is -0.0000000581. The molecule has 0 aromatic rings. The van der Waals surface area contributed by atoms with Gasteiger partial charge in [-0.15, -0.1) is 0 Å². The summed E-state index contributed by atoms with van der Waals surface area (Å²) in [6.45, 7) is 11.6. The molecule has 0 atom stereocenters. The number of nitriles is 1. The highest BCUT2D eigenvalue weighted by atomic mass is 16.2. The fourth-order valence-electron chi connectivity index (χ4n) is 0.671. The van der Waals surface area contributed by atoms with E-state index in [1.54, 1.807) is 6.07 Å². The van der Waals surface area contributed by atoms with Crippen LogP contribution >= 0.6 is 0 Å². The van der Waals surface area contributed by atoms with Gasteiger partial charge in [-0.25, -0.2) is 0 Å². The molecular weight excluding hydrogens is 168 g/mol. The lowest BCUT2D eigenvalue weighted by atomic mass is 10.5. The predicted octanol–water partition coefficient (Wildman–Crippen LogP) is 0.662. The molecule has 0 saturated heterocycles. The second kappa shape index (κ2) is 30.1. The molecule has 0 aliphatic heterocycles. The molecule has 4 nitrogen and oxygen atoms in total. The monoisotopic (exact) mass is 192 g/mol. The summed E-state index contributed by atoms with van der Waals surface area (Å²) in [6.07, 6.45) is 0. The van der Waals surface area contributed by atoms with E-state index >= 15 is 0 Å². The summed E-state index contributed by atoms with van der Waals surface area (Å²) in [7, 11) is 1.00. The first-order chi connectivity index (χ1) is 5.76. The van der Waals surface area contributed by atoms with Crippen molar-refractivity contribution in [1.29, 1.82) is 5.26 Å². The lowest BCUT2D eigenvalue weighted by Gasteiger charge is -2.13. The Kier molecular flexibility index (Phi) is 52.9. The van der Waals surface area contributed by atoms with E-state index in [0.29, 0.717) is 0 Å². The Hall–Kier alpha value is -0.630. The van der Waals surface area contributed by atoms with Gasteiger partial charge in [0.25, 0.3) is 0 Å². The first-order valence-electron chi connectivity index (χ1n) is 4.24. The summed E-state index contributed by atoms with van der Waals surface area (Å²) in [6, 6.07) is 1.75. The summed E-state index contributed by atoms with van der Waals surface area (Å²) in [5, 5.41) is 14.3. The zero-order valence-corrected chi connectivity index (χ0v) is 9.46. The largest absolute Gasteiger partial charge is 0.412 e. The maximum atomic E-state index is 7.32. The molecule has 0 spiro atoms. The highest BCUT2D eigenvalue weighted by molar-refractivity contribution is 4.51. The predicted molar refractivity (Wildman–Crippen MR) is 56.5 cm³/mol. The third kappa shape index (κ3) is 34.6. The van der Waals surface area contributed by atoms with Gasteiger partial charge in [0.15, 0.2) is 0 Å². The molecule has 82 valence electrons. The van der Waals surface area contributed by atoms with E-state index in [-0.39, 0.29) is 5.48 Å². The Morgan fingerprint density at radius 2 is 1.23 bits per heavy atom. The van der Waals surface area contributed by atoms with E-state index in [1.807, 2.05) is 0 Å². The van der Waals surface area contributed by atoms with Crippen LogP contribution in [0.4, 0.5) is 0 Å². The van der Waals surface area contributed by atoms with E-state index < -0.39 is 0 Å². The molecule has 0 aromatic heterocycles. The molecule has 0 rings (SSSR count). The van der Waals surface area contributed by atoms with Crippen molar-refractivity contribution in [2.45, 2.75) is 27.7 Å². The van der Waals surface area contributed by atoms with Gasteiger partial charge in [-0.1, -0.05) is 20.8 Å². The summed E-state index contributed by atoms with van der Waals surface area (Å²) in [5.41, 5.74) is 0. The molecule has 0 unspecified atom stereocenters. The molecule has 0 radical (unpaired) electrons. The molecule has 0 aromatic carbocycles. The summed E-state index contributed by atoms with van der Waals surface area (Å²) in [4.78, 5) is 2.38. The number of hydrogen-bond acceptors (Lipinski definition) is 3. The smallest absolute Gasteiger partial charge is 0.0587 e. The van der Waals surface area contributed by atoms with E-state index in [2.05, 4.69) is 25.7 Å². The van der Waals surface area contributed by atoms with Gasteiger partial charge in [0.1, 0.15) is 0 Å². The van der Waals surface area contributed by atoms with Crippen LogP contribution in [0.15, 0.2) is 0 Å². The van der Waals surface area contributed by atoms with Crippen LogP contribution in [0.3, 0.4) is 0 Å². The average molecular weight is 192 g/mol. The fourth-order valence-corrected chi connectivity index (χ4v) is 0.671. The first kappa shape index (κ1) is 22.8. The Morgan fingerprint density at radius 3 is 1.23 bits per heavy atom. The van der Waals surface area contributed by atoms with Gasteiger partial charge in [-0.05, 0) is 19.6 Å². The summed E-state index contributed by atoms with van der Waals surface area (Å²) in [5.74, 6) is 0. The Bertz CT molecular complexity index is 82.6. The van der Waals surface area contributed by atoms with Crippen molar-refractivity contribution in [2.75, 3.05) is 26.7 Å². The minimum Gasteiger partial charge on any atom is -0.412 e. The molecule has 0 amide bonds. The number of nitrogens with zero attached hydrogens (tertiary/aromatic N) is 2. The standard InChI is InChI=1S/C6H15N.C2H3N.CH4O.H2O/c1-4-7(5-2)6-3;1-2-3;1-2;/h4-6H2,1-3H3;1H3;2H,1H3;1H2. The van der Waals surface area contributed by atoms with Gasteiger partial charge < -0.3 is 15.5 Å². The maximum absolute atomic E-state index is 7.32. The van der Waals surface area contributed by atoms with Crippen molar-refractivity contribution < 1.29 is 10.6 Å². The molecule has 4 heteroatoms. The zero-order chi connectivity index (χ0) is 10.4. The Labute approximate surface area is 82.1 Å². The minimum absolute atomic E-state index is 0. The number of aliphatic hydroxyl groups is 1. The SMILES string of the molecule is CC#N.CCN(CC)CC.CO.O. The van der Waals surface area contributed by atoms with Crippen LogP contribution in [0.5, 0.6) is 0 Å². The van der Waals surface area contributed by atoms with Gasteiger partial charge in [0, 0.05) is 14.0 Å². The van der Waals surface area contributed by atoms with Gasteiger partial charge in [0.2, 0.25) is 0 Å². The van der Waals surface area contributed by atoms with E-state index in [9.17, 15) is 0 Å². The van der Waals surface area contributed by atoms with Crippen molar-refractivity contribution in [1.82, 2.24) is 4.90 Å². The maximum Gasteiger partial charge on any atom is 0.0587 e. The highest BCUT2D eigenvalue weighted by Crippen LogP contribution is 1.81. The second-order valence-electron chi connectivity index (χ2n) is 1.84. The van der Waals surface area contributed by atoms with E-state index in [4.69, 9.17) is 10.4 Å². The summed E-state index contributed by atoms with van der Waals surface area (Å²) < 4.78 is 0. The van der Waals surface area contributed by atoms with Crippen molar-refractivity contribution in [2.24, 2.45) is 0 Å². The molecule has 0 fully saturated rings. The zero-order valence-electron chi connectivity index (χ0n) is 9.46. The van der Waals surface area contributed by atoms with Crippen LogP contribution in [0, 0.1) is 11.3 Å². The fraction of sp³-hybridized carbons (Fsp3) is 0.889. The normalized spacial score (nSPS) is 6.62. The molecule has 0 bridgehead atoms. The molecule has 0 aliphatic carbocycles. The molecule has 0 saturated carbocycles. The van der Waals surface area contributed by atoms with Crippen LogP contribution in [0.1, 0.15) is 27.7 Å². The third-order valence-corrected chi connectivity index (χ3v) is 1.34. The minimum atomic E-state index is 0. The van der Waals surface area contributed by atoms with Crippen molar-refractivity contribution in [3.63, 3.8) is 0 Å². The second-order valence-corrected chi connectivity index (χ2v) is 1.84. The van der Waals surface area contributed by atoms with Crippen LogP contribution in [0.2, 0.25) is 0 Å². The molecule has 3 N–H and O–H groups in total. The van der Waals surface area contributed by atoms with Gasteiger partial charge >= 0.3 is 0 Å². The topological polar surface area (TPSA) is 78.8 Å². The third-order valence-electron chi connectivity index (χ3n) is 1.34. The van der Waals surface area contributed by atoms with Crippen LogP contribution in [-0.2, 0) is 0 Å². The van der Waals surface area contributed by atoms with Crippen LogP contribution in [-0.4, -0.2) is 42.2 Å². The van der Waals surface area contributed by atoms with Crippen LogP contribution in [0.25, 0.3) is 0 Å². The molecule has 0 heterocycles. The summed E-state index contributed by atoms with van der Waals surface area (Å²) >= 11 is 0. The van der Waals surface area contributed by atoms with Crippen LogP contribution < -0.4 is 0 Å². The molecular formula is C9H24N2O2. The van der Waals surface area contributed by atoms with E-state index in [0.717, 1.165) is 7.11 Å². The molecule has 0 aliphatic rings.